The summed E-state index contributed by atoms with van der Waals surface area (Å²) in [5.41, 5.74) is 6.61. The first-order valence-electron chi connectivity index (χ1n) is 9.29. The lowest BCUT2D eigenvalue weighted by Crippen LogP contribution is -2.39. The van der Waals surface area contributed by atoms with Gasteiger partial charge in [-0.05, 0) is 27.8 Å². The van der Waals surface area contributed by atoms with Crippen molar-refractivity contribution in [1.82, 2.24) is 10.8 Å². The van der Waals surface area contributed by atoms with E-state index in [-0.39, 0.29) is 12.5 Å². The van der Waals surface area contributed by atoms with E-state index in [4.69, 9.17) is 9.94 Å². The molecule has 0 unspecified atom stereocenters. The van der Waals surface area contributed by atoms with Gasteiger partial charge in [0.25, 0.3) is 5.91 Å². The fourth-order valence-electron chi connectivity index (χ4n) is 3.77. The first-order chi connectivity index (χ1) is 14.2. The maximum Gasteiger partial charge on any atom is 0.408 e. The molecule has 6 heteroatoms. The van der Waals surface area contributed by atoms with Gasteiger partial charge in [-0.15, -0.1) is 0 Å². The summed E-state index contributed by atoms with van der Waals surface area (Å²) < 4.78 is 5.47. The third-order valence-corrected chi connectivity index (χ3v) is 5.11. The molecule has 0 saturated carbocycles. The Hall–Kier alpha value is -3.64. The summed E-state index contributed by atoms with van der Waals surface area (Å²) in [4.78, 5) is 24.4. The number of rotatable bonds is 5. The number of alkyl carbamates (subject to hydrolysis) is 1. The largest absolute Gasteiger partial charge is 0.449 e. The zero-order chi connectivity index (χ0) is 20.2. The maximum absolute atomic E-state index is 12.4. The first-order valence-corrected chi connectivity index (χ1v) is 9.29. The predicted octanol–water partition coefficient (Wildman–Crippen LogP) is 3.77. The van der Waals surface area contributed by atoms with Crippen LogP contribution in [0.1, 0.15) is 28.7 Å². The highest BCUT2D eigenvalue weighted by Gasteiger charge is 2.30. The Morgan fingerprint density at radius 3 is 2.00 bits per heavy atom. The van der Waals surface area contributed by atoms with Crippen LogP contribution in [-0.4, -0.2) is 23.8 Å². The molecule has 29 heavy (non-hydrogen) atoms. The molecule has 0 aliphatic heterocycles. The Balaban J connectivity index is 1.49. The number of nitrogens with one attached hydrogen (secondary N) is 2. The van der Waals surface area contributed by atoms with Crippen LogP contribution in [0.15, 0.2) is 78.9 Å². The van der Waals surface area contributed by atoms with Crippen molar-refractivity contribution >= 4 is 12.0 Å². The van der Waals surface area contributed by atoms with Gasteiger partial charge < -0.3 is 10.1 Å². The van der Waals surface area contributed by atoms with E-state index >= 15 is 0 Å². The van der Waals surface area contributed by atoms with Crippen molar-refractivity contribution in [2.24, 2.45) is 0 Å². The van der Waals surface area contributed by atoms with Crippen LogP contribution in [0.5, 0.6) is 0 Å². The molecule has 2 amide bonds. The number of carbonyl (C=O) groups is 2. The van der Waals surface area contributed by atoms with Crippen molar-refractivity contribution in [2.45, 2.75) is 12.0 Å². The van der Waals surface area contributed by atoms with E-state index < -0.39 is 18.0 Å². The van der Waals surface area contributed by atoms with E-state index in [9.17, 15) is 9.59 Å². The molecule has 6 nitrogen and oxygen atoms in total. The van der Waals surface area contributed by atoms with Crippen LogP contribution in [0.2, 0.25) is 0 Å². The number of fused-ring (bicyclic) bond motifs is 3. The highest BCUT2D eigenvalue weighted by atomic mass is 16.5. The number of benzene rings is 3. The molecule has 3 N–H and O–H groups in total. The molecule has 3 aromatic rings. The first kappa shape index (κ1) is 18.7. The van der Waals surface area contributed by atoms with Crippen LogP contribution in [0, 0.1) is 0 Å². The minimum atomic E-state index is -1.06. The van der Waals surface area contributed by atoms with E-state index in [2.05, 4.69) is 17.4 Å². The van der Waals surface area contributed by atoms with Crippen molar-refractivity contribution < 1.29 is 19.5 Å². The normalized spacial score (nSPS) is 13.1. The molecule has 0 bridgehead atoms. The molecule has 0 aromatic heterocycles. The van der Waals surface area contributed by atoms with Crippen molar-refractivity contribution in [3.8, 4) is 11.1 Å². The fourth-order valence-corrected chi connectivity index (χ4v) is 3.77. The lowest BCUT2D eigenvalue weighted by Gasteiger charge is -2.19. The number of amides is 2. The number of hydrogen-bond acceptors (Lipinski definition) is 4. The molecule has 1 aliphatic carbocycles. The Morgan fingerprint density at radius 2 is 1.41 bits per heavy atom. The molecule has 1 atom stereocenters. The molecule has 146 valence electrons. The van der Waals surface area contributed by atoms with Gasteiger partial charge in [0.2, 0.25) is 0 Å². The molecule has 1 aliphatic rings. The van der Waals surface area contributed by atoms with Crippen molar-refractivity contribution in [3.63, 3.8) is 0 Å². The summed E-state index contributed by atoms with van der Waals surface area (Å²) in [7, 11) is 0. The molecule has 0 heterocycles. The third-order valence-electron chi connectivity index (χ3n) is 5.11. The molecular weight excluding hydrogens is 368 g/mol. The van der Waals surface area contributed by atoms with Gasteiger partial charge in [0, 0.05) is 5.92 Å². The lowest BCUT2D eigenvalue weighted by molar-refractivity contribution is -0.131. The van der Waals surface area contributed by atoms with Gasteiger partial charge in [0.15, 0.2) is 0 Å². The zero-order valence-electron chi connectivity index (χ0n) is 15.5. The SMILES string of the molecule is O=C(N[C@H](C(=O)NO)c1ccccc1)OCC1c2ccccc2-c2ccccc21. The average molecular weight is 388 g/mol. The Morgan fingerprint density at radius 1 is 0.862 bits per heavy atom. The summed E-state index contributed by atoms with van der Waals surface area (Å²) in [6.45, 7) is 0.141. The van der Waals surface area contributed by atoms with Gasteiger partial charge in [0.1, 0.15) is 12.6 Å². The molecule has 3 aromatic carbocycles. The smallest absolute Gasteiger partial charge is 0.408 e. The quantitative estimate of drug-likeness (QED) is 0.459. The second kappa shape index (κ2) is 8.16. The van der Waals surface area contributed by atoms with E-state index in [1.807, 2.05) is 36.4 Å². The van der Waals surface area contributed by atoms with E-state index in [1.54, 1.807) is 35.8 Å². The number of carbonyl (C=O) groups excluding carboxylic acids is 2. The summed E-state index contributed by atoms with van der Waals surface area (Å²) in [5.74, 6) is -0.820. The predicted molar refractivity (Wildman–Crippen MR) is 107 cm³/mol. The second-order valence-electron chi connectivity index (χ2n) is 6.79. The summed E-state index contributed by atoms with van der Waals surface area (Å²) in [6, 6.07) is 23.7. The lowest BCUT2D eigenvalue weighted by atomic mass is 9.98. The van der Waals surface area contributed by atoms with Crippen LogP contribution in [0.4, 0.5) is 4.79 Å². The van der Waals surface area contributed by atoms with Crippen molar-refractivity contribution in [2.75, 3.05) is 6.61 Å². The highest BCUT2D eigenvalue weighted by molar-refractivity contribution is 5.86. The minimum Gasteiger partial charge on any atom is -0.449 e. The van der Waals surface area contributed by atoms with Crippen molar-refractivity contribution in [3.05, 3.63) is 95.6 Å². The Kier molecular flexibility index (Phi) is 5.27. The Bertz CT molecular complexity index is 990. The van der Waals surface area contributed by atoms with E-state index in [0.29, 0.717) is 5.56 Å². The fraction of sp³-hybridized carbons (Fsp3) is 0.130. The van der Waals surface area contributed by atoms with Gasteiger partial charge in [-0.1, -0.05) is 78.9 Å². The summed E-state index contributed by atoms with van der Waals surface area (Å²) >= 11 is 0. The summed E-state index contributed by atoms with van der Waals surface area (Å²) in [5, 5.41) is 11.5. The van der Waals surface area contributed by atoms with Gasteiger partial charge in [0.05, 0.1) is 0 Å². The molecule has 4 rings (SSSR count). The van der Waals surface area contributed by atoms with Crippen LogP contribution in [0.25, 0.3) is 11.1 Å². The topological polar surface area (TPSA) is 87.7 Å². The maximum atomic E-state index is 12.4. The number of ether oxygens (including phenoxy) is 1. The van der Waals surface area contributed by atoms with Crippen LogP contribution in [-0.2, 0) is 9.53 Å². The molecule has 0 fully saturated rings. The van der Waals surface area contributed by atoms with E-state index in [1.165, 1.54) is 0 Å². The van der Waals surface area contributed by atoms with Gasteiger partial charge in [-0.2, -0.15) is 0 Å². The Labute approximate surface area is 168 Å². The average Bonchev–Trinajstić information content (AvgIpc) is 3.10. The van der Waals surface area contributed by atoms with Gasteiger partial charge >= 0.3 is 6.09 Å². The number of hydrogen-bond donors (Lipinski definition) is 3. The van der Waals surface area contributed by atoms with Crippen LogP contribution in [0.3, 0.4) is 0 Å². The molecule has 0 radical (unpaired) electrons. The van der Waals surface area contributed by atoms with Crippen LogP contribution >= 0.6 is 0 Å². The van der Waals surface area contributed by atoms with Gasteiger partial charge in [-0.3, -0.25) is 10.0 Å². The molecular formula is C23H20N2O4. The monoisotopic (exact) mass is 388 g/mol. The van der Waals surface area contributed by atoms with Crippen molar-refractivity contribution in [1.29, 1.82) is 0 Å². The zero-order valence-corrected chi connectivity index (χ0v) is 15.5. The molecule has 0 spiro atoms. The highest BCUT2D eigenvalue weighted by Crippen LogP contribution is 2.44. The number of hydroxylamine groups is 1. The standard InChI is InChI=1S/C23H20N2O4/c26-22(25-28)21(15-8-2-1-3-9-15)24-23(27)29-14-20-18-12-6-4-10-16(18)17-11-5-7-13-19(17)20/h1-13,20-21,28H,14H2,(H,24,27)(H,25,26)/t21-/m0/s1. The minimum absolute atomic E-state index is 0.0741. The summed E-state index contributed by atoms with van der Waals surface area (Å²) in [6.07, 6.45) is -0.732. The van der Waals surface area contributed by atoms with Crippen LogP contribution < -0.4 is 10.8 Å². The third kappa shape index (κ3) is 3.70. The second-order valence-corrected chi connectivity index (χ2v) is 6.79. The molecule has 0 saturated heterocycles. The van der Waals surface area contributed by atoms with E-state index in [0.717, 1.165) is 22.3 Å². The van der Waals surface area contributed by atoms with Gasteiger partial charge in [-0.25, -0.2) is 10.3 Å².